The number of hydrogen-bond donors (Lipinski definition) is 0. The lowest BCUT2D eigenvalue weighted by Crippen LogP contribution is -1.97. The first-order chi connectivity index (χ1) is 6.68. The van der Waals surface area contributed by atoms with E-state index >= 15 is 0 Å². The summed E-state index contributed by atoms with van der Waals surface area (Å²) in [5, 5.41) is 0. The largest absolute Gasteiger partial charge is 0.462 e. The number of carbonyl (C=O) groups is 1. The molecule has 1 aromatic carbocycles. The Morgan fingerprint density at radius 3 is 3.00 bits per heavy atom. The van der Waals surface area contributed by atoms with Crippen LogP contribution < -0.4 is 0 Å². The number of hydrogen-bond acceptors (Lipinski definition) is 2. The van der Waals surface area contributed by atoms with Gasteiger partial charge in [0.05, 0.1) is 0 Å². The first-order valence-corrected chi connectivity index (χ1v) is 5.03. The van der Waals surface area contributed by atoms with Crippen LogP contribution in [-0.4, -0.2) is 12.6 Å². The van der Waals surface area contributed by atoms with E-state index in [4.69, 9.17) is 4.74 Å². The second-order valence-electron chi connectivity index (χ2n) is 2.76. The van der Waals surface area contributed by atoms with Crippen LogP contribution in [0.25, 0.3) is 6.08 Å². The summed E-state index contributed by atoms with van der Waals surface area (Å²) >= 11 is 3.38. The summed E-state index contributed by atoms with van der Waals surface area (Å²) in [6, 6.07) is 7.89. The molecule has 14 heavy (non-hydrogen) atoms. The summed E-state index contributed by atoms with van der Waals surface area (Å²) in [6.45, 7) is 1.72. The van der Waals surface area contributed by atoms with Gasteiger partial charge in [0.15, 0.2) is 0 Å². The van der Waals surface area contributed by atoms with Gasteiger partial charge in [-0.1, -0.05) is 34.1 Å². The summed E-state index contributed by atoms with van der Waals surface area (Å²) in [4.78, 5) is 10.4. The Hall–Kier alpha value is -1.09. The third-order valence-corrected chi connectivity index (χ3v) is 2.04. The Morgan fingerprint density at radius 2 is 2.36 bits per heavy atom. The highest BCUT2D eigenvalue weighted by atomic mass is 79.9. The molecule has 3 heteroatoms. The van der Waals surface area contributed by atoms with Gasteiger partial charge in [-0.3, -0.25) is 4.79 Å². The minimum Gasteiger partial charge on any atom is -0.462 e. The highest BCUT2D eigenvalue weighted by Crippen LogP contribution is 2.12. The monoisotopic (exact) mass is 254 g/mol. The van der Waals surface area contributed by atoms with E-state index in [1.165, 1.54) is 6.92 Å². The zero-order valence-corrected chi connectivity index (χ0v) is 9.45. The van der Waals surface area contributed by atoms with Gasteiger partial charge < -0.3 is 4.74 Å². The smallest absolute Gasteiger partial charge is 0.302 e. The van der Waals surface area contributed by atoms with Crippen molar-refractivity contribution < 1.29 is 9.53 Å². The molecule has 0 fully saturated rings. The van der Waals surface area contributed by atoms with Crippen molar-refractivity contribution in [3.8, 4) is 0 Å². The molecule has 0 unspecified atom stereocenters. The predicted octanol–water partition coefficient (Wildman–Crippen LogP) is 3.03. The number of ether oxygens (including phenoxy) is 1. The van der Waals surface area contributed by atoms with Gasteiger partial charge >= 0.3 is 5.97 Å². The fourth-order valence-electron chi connectivity index (χ4n) is 0.960. The molecule has 0 amide bonds. The van der Waals surface area contributed by atoms with E-state index in [9.17, 15) is 4.79 Å². The average molecular weight is 255 g/mol. The van der Waals surface area contributed by atoms with Crippen molar-refractivity contribution in [1.82, 2.24) is 0 Å². The molecule has 0 radical (unpaired) electrons. The predicted molar refractivity (Wildman–Crippen MR) is 59.8 cm³/mol. The topological polar surface area (TPSA) is 26.3 Å². The number of esters is 1. The van der Waals surface area contributed by atoms with Gasteiger partial charge in [0, 0.05) is 11.4 Å². The molecule has 0 bridgehead atoms. The summed E-state index contributed by atoms with van der Waals surface area (Å²) in [7, 11) is 0. The van der Waals surface area contributed by atoms with Gasteiger partial charge in [0.25, 0.3) is 0 Å². The molecule has 0 aromatic heterocycles. The van der Waals surface area contributed by atoms with E-state index in [0.717, 1.165) is 10.0 Å². The van der Waals surface area contributed by atoms with E-state index in [1.807, 2.05) is 36.4 Å². The van der Waals surface area contributed by atoms with Crippen LogP contribution in [0.15, 0.2) is 34.8 Å². The molecule has 0 aliphatic heterocycles. The number of halogens is 1. The van der Waals surface area contributed by atoms with Gasteiger partial charge in [0.1, 0.15) is 6.61 Å². The van der Waals surface area contributed by atoms with Crippen molar-refractivity contribution in [2.75, 3.05) is 6.61 Å². The van der Waals surface area contributed by atoms with Crippen molar-refractivity contribution in [3.63, 3.8) is 0 Å². The molecule has 74 valence electrons. The minimum atomic E-state index is -0.260. The highest BCUT2D eigenvalue weighted by Gasteiger charge is 1.89. The van der Waals surface area contributed by atoms with Gasteiger partial charge in [-0.25, -0.2) is 0 Å². The van der Waals surface area contributed by atoms with Crippen LogP contribution in [0.3, 0.4) is 0 Å². The molecule has 0 aliphatic carbocycles. The van der Waals surface area contributed by atoms with Crippen LogP contribution in [-0.2, 0) is 9.53 Å². The Labute approximate surface area is 91.7 Å². The SMILES string of the molecule is CC(=O)OC/C=C/c1cccc(Br)c1. The third-order valence-electron chi connectivity index (χ3n) is 1.54. The number of rotatable bonds is 3. The number of benzene rings is 1. The molecule has 0 spiro atoms. The summed E-state index contributed by atoms with van der Waals surface area (Å²) in [5.74, 6) is -0.260. The Balaban J connectivity index is 2.47. The van der Waals surface area contributed by atoms with Crippen molar-refractivity contribution in [2.45, 2.75) is 6.92 Å². The molecule has 0 atom stereocenters. The second-order valence-corrected chi connectivity index (χ2v) is 3.68. The first-order valence-electron chi connectivity index (χ1n) is 4.24. The first kappa shape index (κ1) is 11.0. The summed E-state index contributed by atoms with van der Waals surface area (Å²) < 4.78 is 5.79. The van der Waals surface area contributed by atoms with E-state index in [-0.39, 0.29) is 5.97 Å². The zero-order chi connectivity index (χ0) is 10.4. The summed E-state index contributed by atoms with van der Waals surface area (Å²) in [5.41, 5.74) is 1.08. The van der Waals surface area contributed by atoms with Crippen LogP contribution in [0, 0.1) is 0 Å². The maximum atomic E-state index is 10.4. The zero-order valence-electron chi connectivity index (χ0n) is 7.87. The second kappa shape index (κ2) is 5.60. The molecule has 1 aromatic rings. The van der Waals surface area contributed by atoms with Crippen molar-refractivity contribution >= 4 is 28.0 Å². The molecule has 0 saturated heterocycles. The Kier molecular flexibility index (Phi) is 4.40. The molecular formula is C11H11BrO2. The molecule has 0 N–H and O–H groups in total. The quantitative estimate of drug-likeness (QED) is 0.776. The van der Waals surface area contributed by atoms with Crippen molar-refractivity contribution in [1.29, 1.82) is 0 Å². The lowest BCUT2D eigenvalue weighted by atomic mass is 10.2. The van der Waals surface area contributed by atoms with Gasteiger partial charge in [0.2, 0.25) is 0 Å². The normalized spacial score (nSPS) is 10.4. The van der Waals surface area contributed by atoms with Crippen molar-refractivity contribution in [3.05, 3.63) is 40.4 Å². The maximum absolute atomic E-state index is 10.4. The van der Waals surface area contributed by atoms with Crippen LogP contribution >= 0.6 is 15.9 Å². The molecular weight excluding hydrogens is 244 g/mol. The fraction of sp³-hybridized carbons (Fsp3) is 0.182. The van der Waals surface area contributed by atoms with Crippen LogP contribution in [0.5, 0.6) is 0 Å². The standard InChI is InChI=1S/C11H11BrO2/c1-9(13)14-7-3-5-10-4-2-6-11(12)8-10/h2-6,8H,7H2,1H3/b5-3+. The third kappa shape index (κ3) is 4.23. The highest BCUT2D eigenvalue weighted by molar-refractivity contribution is 9.10. The van der Waals surface area contributed by atoms with E-state index < -0.39 is 0 Å². The fourth-order valence-corrected chi connectivity index (χ4v) is 1.38. The molecule has 1 rings (SSSR count). The Morgan fingerprint density at radius 1 is 1.57 bits per heavy atom. The van der Waals surface area contributed by atoms with Crippen molar-refractivity contribution in [2.24, 2.45) is 0 Å². The van der Waals surface area contributed by atoms with E-state index in [2.05, 4.69) is 15.9 Å². The molecule has 2 nitrogen and oxygen atoms in total. The van der Waals surface area contributed by atoms with E-state index in [1.54, 1.807) is 0 Å². The molecule has 0 saturated carbocycles. The van der Waals surface area contributed by atoms with E-state index in [0.29, 0.717) is 6.61 Å². The average Bonchev–Trinajstić information content (AvgIpc) is 2.12. The maximum Gasteiger partial charge on any atom is 0.302 e. The van der Waals surface area contributed by atoms with Crippen LogP contribution in [0.4, 0.5) is 0 Å². The lowest BCUT2D eigenvalue weighted by molar-refractivity contribution is -0.139. The number of carbonyl (C=O) groups excluding carboxylic acids is 1. The van der Waals surface area contributed by atoms with Crippen LogP contribution in [0.2, 0.25) is 0 Å². The van der Waals surface area contributed by atoms with Crippen LogP contribution in [0.1, 0.15) is 12.5 Å². The molecule has 0 heterocycles. The van der Waals surface area contributed by atoms with Gasteiger partial charge in [-0.15, -0.1) is 0 Å². The summed E-state index contributed by atoms with van der Waals surface area (Å²) in [6.07, 6.45) is 3.72. The van der Waals surface area contributed by atoms with Gasteiger partial charge in [-0.05, 0) is 23.8 Å². The minimum absolute atomic E-state index is 0.260. The van der Waals surface area contributed by atoms with Gasteiger partial charge in [-0.2, -0.15) is 0 Å². The molecule has 0 aliphatic rings. The Bertz CT molecular complexity index is 345. The lowest BCUT2D eigenvalue weighted by Gasteiger charge is -1.96.